The van der Waals surface area contributed by atoms with Crippen LogP contribution in [0.2, 0.25) is 0 Å². The second kappa shape index (κ2) is 6.91. The molecule has 0 spiro atoms. The molecule has 2 heterocycles. The second-order valence-corrected chi connectivity index (χ2v) is 5.67. The minimum absolute atomic E-state index is 0. The smallest absolute Gasteiger partial charge is 0.261 e. The number of benzene rings is 2. The van der Waals surface area contributed by atoms with Gasteiger partial charge in [0.2, 0.25) is 0 Å². The summed E-state index contributed by atoms with van der Waals surface area (Å²) in [4.78, 5) is 33.5. The molecule has 0 radical (unpaired) electrons. The van der Waals surface area contributed by atoms with Gasteiger partial charge in [-0.3, -0.25) is 14.5 Å². The number of imide groups is 1. The van der Waals surface area contributed by atoms with E-state index in [0.29, 0.717) is 24.1 Å². The number of carbonyl (C=O) groups is 2. The van der Waals surface area contributed by atoms with Crippen LogP contribution in [0.5, 0.6) is 0 Å². The number of hydrogen-bond acceptors (Lipinski definition) is 3. The maximum Gasteiger partial charge on any atom is 0.261 e. The maximum absolute atomic E-state index is 12.3. The Hall–Kier alpha value is -2.92. The lowest BCUT2D eigenvalue weighted by atomic mass is 10.1. The minimum Gasteiger partial charge on any atom is -0.342 e. The number of imidazole rings is 1. The zero-order valence-corrected chi connectivity index (χ0v) is 14.1. The Kier molecular flexibility index (Phi) is 4.67. The Morgan fingerprint density at radius 3 is 2.12 bits per heavy atom. The SMILES string of the molecule is Cl.O=C1c2ccccc2C(=O)N1CCc1ncc(-c2ccccc2)[nH]1. The topological polar surface area (TPSA) is 66.1 Å². The van der Waals surface area contributed by atoms with Gasteiger partial charge in [0.1, 0.15) is 5.82 Å². The van der Waals surface area contributed by atoms with Crippen molar-refractivity contribution in [3.63, 3.8) is 0 Å². The lowest BCUT2D eigenvalue weighted by molar-refractivity contribution is 0.0655. The van der Waals surface area contributed by atoms with Crippen LogP contribution in [-0.4, -0.2) is 33.2 Å². The molecule has 5 nitrogen and oxygen atoms in total. The highest BCUT2D eigenvalue weighted by Gasteiger charge is 2.34. The summed E-state index contributed by atoms with van der Waals surface area (Å²) in [6, 6.07) is 16.8. The molecule has 1 aliphatic heterocycles. The fourth-order valence-corrected chi connectivity index (χ4v) is 2.91. The van der Waals surface area contributed by atoms with Crippen molar-refractivity contribution in [2.75, 3.05) is 6.54 Å². The third-order valence-electron chi connectivity index (χ3n) is 4.16. The molecular formula is C19H16ClN3O2. The van der Waals surface area contributed by atoms with E-state index in [1.54, 1.807) is 30.5 Å². The number of aromatic nitrogens is 2. The van der Waals surface area contributed by atoms with Crippen LogP contribution in [0.15, 0.2) is 60.8 Å². The van der Waals surface area contributed by atoms with Gasteiger partial charge in [-0.25, -0.2) is 4.98 Å². The van der Waals surface area contributed by atoms with Crippen LogP contribution in [0.25, 0.3) is 11.3 Å². The largest absolute Gasteiger partial charge is 0.342 e. The summed E-state index contributed by atoms with van der Waals surface area (Å²) >= 11 is 0. The van der Waals surface area contributed by atoms with E-state index in [4.69, 9.17) is 0 Å². The number of carbonyl (C=O) groups excluding carboxylic acids is 2. The summed E-state index contributed by atoms with van der Waals surface area (Å²) in [7, 11) is 0. The number of hydrogen-bond donors (Lipinski definition) is 1. The van der Waals surface area contributed by atoms with Gasteiger partial charge in [0, 0.05) is 13.0 Å². The zero-order chi connectivity index (χ0) is 16.5. The van der Waals surface area contributed by atoms with Gasteiger partial charge in [0.05, 0.1) is 23.0 Å². The Morgan fingerprint density at radius 1 is 0.880 bits per heavy atom. The number of fused-ring (bicyclic) bond motifs is 1. The molecule has 0 fully saturated rings. The highest BCUT2D eigenvalue weighted by molar-refractivity contribution is 6.21. The van der Waals surface area contributed by atoms with Crippen molar-refractivity contribution in [3.05, 3.63) is 77.7 Å². The third kappa shape index (κ3) is 3.06. The van der Waals surface area contributed by atoms with Crippen molar-refractivity contribution in [2.24, 2.45) is 0 Å². The molecule has 25 heavy (non-hydrogen) atoms. The van der Waals surface area contributed by atoms with Crippen LogP contribution in [0.4, 0.5) is 0 Å². The number of halogens is 1. The lowest BCUT2D eigenvalue weighted by Gasteiger charge is -2.12. The van der Waals surface area contributed by atoms with Gasteiger partial charge in [-0.15, -0.1) is 12.4 Å². The van der Waals surface area contributed by atoms with E-state index in [9.17, 15) is 9.59 Å². The van der Waals surface area contributed by atoms with Gasteiger partial charge in [-0.05, 0) is 17.7 Å². The molecule has 1 N–H and O–H groups in total. The first kappa shape index (κ1) is 16.9. The minimum atomic E-state index is -0.231. The van der Waals surface area contributed by atoms with E-state index < -0.39 is 0 Å². The van der Waals surface area contributed by atoms with E-state index >= 15 is 0 Å². The molecule has 0 saturated heterocycles. The van der Waals surface area contributed by atoms with E-state index in [2.05, 4.69) is 9.97 Å². The predicted octanol–water partition coefficient (Wildman–Crippen LogP) is 3.34. The van der Waals surface area contributed by atoms with Crippen LogP contribution >= 0.6 is 12.4 Å². The third-order valence-corrected chi connectivity index (χ3v) is 4.16. The van der Waals surface area contributed by atoms with Crippen LogP contribution < -0.4 is 0 Å². The van der Waals surface area contributed by atoms with Gasteiger partial charge >= 0.3 is 0 Å². The highest BCUT2D eigenvalue weighted by atomic mass is 35.5. The monoisotopic (exact) mass is 353 g/mol. The second-order valence-electron chi connectivity index (χ2n) is 5.67. The number of H-pyrrole nitrogens is 1. The molecule has 3 aromatic rings. The summed E-state index contributed by atoms with van der Waals surface area (Å²) < 4.78 is 0. The molecule has 0 atom stereocenters. The maximum atomic E-state index is 12.3. The van der Waals surface area contributed by atoms with Crippen LogP contribution in [-0.2, 0) is 6.42 Å². The first-order chi connectivity index (χ1) is 11.7. The molecule has 0 unspecified atom stereocenters. The molecule has 2 amide bonds. The van der Waals surface area contributed by atoms with Crippen molar-refractivity contribution in [2.45, 2.75) is 6.42 Å². The normalized spacial score (nSPS) is 12.9. The summed E-state index contributed by atoms with van der Waals surface area (Å²) in [6.07, 6.45) is 2.27. The predicted molar refractivity (Wildman–Crippen MR) is 96.8 cm³/mol. The molecule has 1 aromatic heterocycles. The molecule has 0 saturated carbocycles. The zero-order valence-electron chi connectivity index (χ0n) is 13.3. The molecule has 2 aromatic carbocycles. The first-order valence-electron chi connectivity index (χ1n) is 7.78. The molecule has 126 valence electrons. The molecule has 4 rings (SSSR count). The summed E-state index contributed by atoms with van der Waals surface area (Å²) in [5.41, 5.74) is 2.93. The van der Waals surface area contributed by atoms with E-state index in [1.807, 2.05) is 30.3 Å². The fourth-order valence-electron chi connectivity index (χ4n) is 2.91. The van der Waals surface area contributed by atoms with Gasteiger partial charge in [0.25, 0.3) is 11.8 Å². The van der Waals surface area contributed by atoms with Crippen LogP contribution in [0, 0.1) is 0 Å². The number of aromatic amines is 1. The van der Waals surface area contributed by atoms with Crippen molar-refractivity contribution in [1.82, 2.24) is 14.9 Å². The van der Waals surface area contributed by atoms with Gasteiger partial charge in [-0.1, -0.05) is 42.5 Å². The fraction of sp³-hybridized carbons (Fsp3) is 0.105. The summed E-state index contributed by atoms with van der Waals surface area (Å²) in [6.45, 7) is 0.314. The van der Waals surface area contributed by atoms with E-state index in [1.165, 1.54) is 4.90 Å². The summed E-state index contributed by atoms with van der Waals surface area (Å²) in [5, 5.41) is 0. The van der Waals surface area contributed by atoms with Crippen molar-refractivity contribution >= 4 is 24.2 Å². The number of rotatable bonds is 4. The number of nitrogens with one attached hydrogen (secondary N) is 1. The van der Waals surface area contributed by atoms with E-state index in [0.717, 1.165) is 17.1 Å². The number of nitrogens with zero attached hydrogens (tertiary/aromatic N) is 2. The molecule has 1 aliphatic rings. The van der Waals surface area contributed by atoms with Gasteiger partial charge in [0.15, 0.2) is 0 Å². The lowest BCUT2D eigenvalue weighted by Crippen LogP contribution is -2.31. The standard InChI is InChI=1S/C19H15N3O2.ClH/c23-18-14-8-4-5-9-15(14)19(24)22(18)11-10-17-20-12-16(21-17)13-6-2-1-3-7-13;/h1-9,12H,10-11H2,(H,20,21);1H. The van der Waals surface area contributed by atoms with Crippen LogP contribution in [0.1, 0.15) is 26.5 Å². The molecular weight excluding hydrogens is 338 g/mol. The molecule has 0 aliphatic carbocycles. The Morgan fingerprint density at radius 2 is 1.48 bits per heavy atom. The quantitative estimate of drug-likeness (QED) is 0.731. The molecule has 0 bridgehead atoms. The van der Waals surface area contributed by atoms with Crippen molar-refractivity contribution in [1.29, 1.82) is 0 Å². The Bertz CT molecular complexity index is 886. The van der Waals surface area contributed by atoms with E-state index in [-0.39, 0.29) is 24.2 Å². The molecule has 6 heteroatoms. The number of amides is 2. The van der Waals surface area contributed by atoms with Crippen LogP contribution in [0.3, 0.4) is 0 Å². The van der Waals surface area contributed by atoms with Crippen molar-refractivity contribution < 1.29 is 9.59 Å². The Labute approximate surface area is 151 Å². The highest BCUT2D eigenvalue weighted by Crippen LogP contribution is 2.23. The first-order valence-corrected chi connectivity index (χ1v) is 7.78. The average Bonchev–Trinajstić information content (AvgIpc) is 3.19. The van der Waals surface area contributed by atoms with Gasteiger partial charge in [-0.2, -0.15) is 0 Å². The van der Waals surface area contributed by atoms with Crippen molar-refractivity contribution in [3.8, 4) is 11.3 Å². The Balaban J connectivity index is 0.00000182. The van der Waals surface area contributed by atoms with Gasteiger partial charge < -0.3 is 4.98 Å². The summed E-state index contributed by atoms with van der Waals surface area (Å²) in [5.74, 6) is 0.293. The average molecular weight is 354 g/mol.